The Bertz CT molecular complexity index is 903. The Labute approximate surface area is 186 Å². The van der Waals surface area contributed by atoms with Crippen molar-refractivity contribution in [1.82, 2.24) is 4.90 Å². The second-order valence-corrected chi connectivity index (χ2v) is 9.07. The van der Waals surface area contributed by atoms with E-state index >= 15 is 0 Å². The van der Waals surface area contributed by atoms with Gasteiger partial charge in [0.15, 0.2) is 11.5 Å². The van der Waals surface area contributed by atoms with Crippen LogP contribution in [-0.2, 0) is 14.4 Å². The summed E-state index contributed by atoms with van der Waals surface area (Å²) in [5.74, 6) is -0.559. The minimum absolute atomic E-state index is 0.108. The molecule has 4 rings (SSSR count). The number of benzene rings is 1. The molecule has 1 aromatic carbocycles. The van der Waals surface area contributed by atoms with E-state index in [9.17, 15) is 14.4 Å². The summed E-state index contributed by atoms with van der Waals surface area (Å²) in [4.78, 5) is 40.6. The fraction of sp³-hybridized carbons (Fsp3) is 0.522. The van der Waals surface area contributed by atoms with Crippen LogP contribution in [0.3, 0.4) is 0 Å². The van der Waals surface area contributed by atoms with Gasteiger partial charge >= 0.3 is 0 Å². The number of amides is 3. The zero-order chi connectivity index (χ0) is 22.1. The summed E-state index contributed by atoms with van der Waals surface area (Å²) >= 11 is 6.38. The first-order chi connectivity index (χ1) is 14.9. The highest BCUT2D eigenvalue weighted by atomic mass is 35.5. The molecule has 0 bridgehead atoms. The van der Waals surface area contributed by atoms with E-state index in [1.807, 2.05) is 26.0 Å². The molecule has 0 spiro atoms. The van der Waals surface area contributed by atoms with Gasteiger partial charge in [0.1, 0.15) is 6.04 Å². The highest BCUT2D eigenvalue weighted by molar-refractivity contribution is 6.34. The number of imide groups is 1. The number of hydrogen-bond donors (Lipinski definition) is 1. The van der Waals surface area contributed by atoms with Gasteiger partial charge < -0.3 is 14.8 Å². The van der Waals surface area contributed by atoms with E-state index in [4.69, 9.17) is 21.1 Å². The number of nitrogens with one attached hydrogen (secondary N) is 1. The van der Waals surface area contributed by atoms with Crippen LogP contribution >= 0.6 is 11.6 Å². The Morgan fingerprint density at radius 1 is 1.10 bits per heavy atom. The molecule has 3 atom stereocenters. The van der Waals surface area contributed by atoms with Crippen molar-refractivity contribution < 1.29 is 23.9 Å². The first-order valence-electron chi connectivity index (χ1n) is 10.8. The van der Waals surface area contributed by atoms with E-state index in [1.54, 1.807) is 12.1 Å². The van der Waals surface area contributed by atoms with Crippen molar-refractivity contribution in [2.24, 2.45) is 17.8 Å². The molecule has 1 aromatic rings. The number of carbonyl (C=O) groups excluding carboxylic acids is 3. The smallest absolute Gasteiger partial charge is 0.247 e. The number of anilines is 1. The van der Waals surface area contributed by atoms with Crippen molar-refractivity contribution >= 4 is 35.0 Å². The number of carbonyl (C=O) groups is 3. The molecule has 0 radical (unpaired) electrons. The Morgan fingerprint density at radius 2 is 1.68 bits per heavy atom. The summed E-state index contributed by atoms with van der Waals surface area (Å²) in [7, 11) is 0. The fourth-order valence-electron chi connectivity index (χ4n) is 4.41. The minimum Gasteiger partial charge on any atom is -0.490 e. The number of fused-ring (bicyclic) bond motifs is 2. The van der Waals surface area contributed by atoms with Gasteiger partial charge in [-0.05, 0) is 25.2 Å². The number of likely N-dealkylation sites (tertiary alicyclic amines) is 1. The Kier molecular flexibility index (Phi) is 6.23. The normalized spacial score (nSPS) is 23.5. The minimum atomic E-state index is -0.891. The largest absolute Gasteiger partial charge is 0.490 e. The van der Waals surface area contributed by atoms with Crippen LogP contribution in [0.1, 0.15) is 39.5 Å². The van der Waals surface area contributed by atoms with Crippen LogP contribution in [0.25, 0.3) is 0 Å². The van der Waals surface area contributed by atoms with Gasteiger partial charge in [0, 0.05) is 18.6 Å². The summed E-state index contributed by atoms with van der Waals surface area (Å²) < 4.78 is 11.3. The topological polar surface area (TPSA) is 84.9 Å². The van der Waals surface area contributed by atoms with Gasteiger partial charge in [0.25, 0.3) is 0 Å². The highest BCUT2D eigenvalue weighted by Crippen LogP contribution is 2.39. The number of allylic oxidation sites excluding steroid dienone is 2. The second kappa shape index (κ2) is 8.91. The molecule has 8 heteroatoms. The summed E-state index contributed by atoms with van der Waals surface area (Å²) in [5, 5.41) is 3.12. The molecule has 1 aliphatic carbocycles. The third kappa shape index (κ3) is 4.28. The number of rotatable bonds is 5. The van der Waals surface area contributed by atoms with Gasteiger partial charge in [-0.25, -0.2) is 0 Å². The molecule has 3 aliphatic rings. The molecule has 3 unspecified atom stereocenters. The van der Waals surface area contributed by atoms with Crippen molar-refractivity contribution in [1.29, 1.82) is 0 Å². The predicted molar refractivity (Wildman–Crippen MR) is 116 cm³/mol. The monoisotopic (exact) mass is 446 g/mol. The molecule has 1 saturated heterocycles. The maximum absolute atomic E-state index is 13.3. The van der Waals surface area contributed by atoms with Gasteiger partial charge in [-0.2, -0.15) is 0 Å². The lowest BCUT2D eigenvalue weighted by molar-refractivity contribution is -0.147. The zero-order valence-corrected chi connectivity index (χ0v) is 18.5. The molecule has 7 nitrogen and oxygen atoms in total. The number of ether oxygens (including phenoxy) is 2. The average Bonchev–Trinajstić information content (AvgIpc) is 2.87. The number of hydrogen-bond acceptors (Lipinski definition) is 5. The average molecular weight is 447 g/mol. The lowest BCUT2D eigenvalue weighted by Gasteiger charge is -2.27. The van der Waals surface area contributed by atoms with Gasteiger partial charge in [0.05, 0.1) is 35.8 Å². The lowest BCUT2D eigenvalue weighted by atomic mass is 9.85. The summed E-state index contributed by atoms with van der Waals surface area (Å²) in [6.07, 6.45) is 6.07. The second-order valence-electron chi connectivity index (χ2n) is 8.67. The third-order valence-corrected chi connectivity index (χ3v) is 6.26. The van der Waals surface area contributed by atoms with Crippen LogP contribution in [-0.4, -0.2) is 41.9 Å². The highest BCUT2D eigenvalue weighted by Gasteiger charge is 2.51. The van der Waals surface area contributed by atoms with Gasteiger partial charge in [-0.3, -0.25) is 19.3 Å². The van der Waals surface area contributed by atoms with E-state index in [1.165, 1.54) is 4.90 Å². The molecule has 31 heavy (non-hydrogen) atoms. The van der Waals surface area contributed by atoms with Crippen LogP contribution in [0.15, 0.2) is 24.3 Å². The van der Waals surface area contributed by atoms with Crippen molar-refractivity contribution in [3.8, 4) is 11.5 Å². The SMILES string of the molecule is CC(C)CC(C(=O)Nc1cc2c(cc1Cl)OCCCO2)N1C(=O)C2CC=CCC2C1=O. The molecule has 0 saturated carbocycles. The molecular formula is C23H27ClN2O5. The molecule has 2 heterocycles. The molecule has 0 aromatic heterocycles. The molecular weight excluding hydrogens is 420 g/mol. The van der Waals surface area contributed by atoms with Gasteiger partial charge in [0.2, 0.25) is 17.7 Å². The first kappa shape index (κ1) is 21.7. The van der Waals surface area contributed by atoms with Crippen molar-refractivity contribution in [2.45, 2.75) is 45.6 Å². The van der Waals surface area contributed by atoms with Crippen LogP contribution in [0, 0.1) is 17.8 Å². The lowest BCUT2D eigenvalue weighted by Crippen LogP contribution is -2.48. The summed E-state index contributed by atoms with van der Waals surface area (Å²) in [5.41, 5.74) is 0.364. The van der Waals surface area contributed by atoms with Crippen molar-refractivity contribution in [3.63, 3.8) is 0 Å². The standard InChI is InChI=1S/C23H27ClN2O5/c1-13(2)10-18(26-22(28)14-6-3-4-7-15(14)23(26)29)21(27)25-17-12-20-19(11-16(17)24)30-8-5-9-31-20/h3-4,11-15,18H,5-10H2,1-2H3,(H,25,27). The molecule has 1 fully saturated rings. The number of halogens is 1. The molecule has 1 N–H and O–H groups in total. The quantitative estimate of drug-likeness (QED) is 0.549. The third-order valence-electron chi connectivity index (χ3n) is 5.95. The van der Waals surface area contributed by atoms with Crippen LogP contribution in [0.2, 0.25) is 5.02 Å². The summed E-state index contributed by atoms with van der Waals surface area (Å²) in [6, 6.07) is 2.35. The number of nitrogens with zero attached hydrogens (tertiary/aromatic N) is 1. The van der Waals surface area contributed by atoms with Crippen LogP contribution in [0.4, 0.5) is 5.69 Å². The van der Waals surface area contributed by atoms with Crippen molar-refractivity contribution in [2.75, 3.05) is 18.5 Å². The van der Waals surface area contributed by atoms with Gasteiger partial charge in [-0.15, -0.1) is 0 Å². The summed E-state index contributed by atoms with van der Waals surface area (Å²) in [6.45, 7) is 4.95. The zero-order valence-electron chi connectivity index (χ0n) is 17.7. The molecule has 3 amide bonds. The Morgan fingerprint density at radius 3 is 2.26 bits per heavy atom. The van der Waals surface area contributed by atoms with E-state index in [0.29, 0.717) is 54.7 Å². The Balaban J connectivity index is 1.59. The maximum atomic E-state index is 13.3. The molecule has 2 aliphatic heterocycles. The predicted octanol–water partition coefficient (Wildman–Crippen LogP) is 3.81. The maximum Gasteiger partial charge on any atom is 0.247 e. The van der Waals surface area contributed by atoms with E-state index in [2.05, 4.69) is 5.32 Å². The molecule has 166 valence electrons. The van der Waals surface area contributed by atoms with Crippen LogP contribution < -0.4 is 14.8 Å². The van der Waals surface area contributed by atoms with Crippen molar-refractivity contribution in [3.05, 3.63) is 29.3 Å². The van der Waals surface area contributed by atoms with E-state index in [0.717, 1.165) is 6.42 Å². The van der Waals surface area contributed by atoms with E-state index < -0.39 is 11.9 Å². The van der Waals surface area contributed by atoms with Gasteiger partial charge in [-0.1, -0.05) is 37.6 Å². The van der Waals surface area contributed by atoms with Crippen LogP contribution in [0.5, 0.6) is 11.5 Å². The fourth-order valence-corrected chi connectivity index (χ4v) is 4.61. The first-order valence-corrected chi connectivity index (χ1v) is 11.2. The van der Waals surface area contributed by atoms with E-state index in [-0.39, 0.29) is 29.6 Å². The Hall–Kier alpha value is -2.54.